The van der Waals surface area contributed by atoms with Crippen LogP contribution in [0.3, 0.4) is 0 Å². The van der Waals surface area contributed by atoms with Crippen LogP contribution in [0.4, 0.5) is 8.78 Å². The Morgan fingerprint density at radius 3 is 2.61 bits per heavy atom. The molecule has 1 aromatic rings. The van der Waals surface area contributed by atoms with Crippen molar-refractivity contribution in [3.63, 3.8) is 0 Å². The molecule has 0 saturated heterocycles. The minimum Gasteiger partial charge on any atom is -0.490 e. The van der Waals surface area contributed by atoms with Gasteiger partial charge in [-0.1, -0.05) is 44.6 Å². The Morgan fingerprint density at radius 2 is 1.83 bits per heavy atom. The Hall–Kier alpha value is -1.12. The van der Waals surface area contributed by atoms with Gasteiger partial charge in [0.15, 0.2) is 11.6 Å². The van der Waals surface area contributed by atoms with E-state index in [4.69, 9.17) is 4.74 Å². The lowest BCUT2D eigenvalue weighted by Gasteiger charge is -2.07. The van der Waals surface area contributed by atoms with E-state index < -0.39 is 11.6 Å². The first-order chi connectivity index (χ1) is 8.77. The molecule has 0 aliphatic heterocycles. The summed E-state index contributed by atoms with van der Waals surface area (Å²) in [7, 11) is 0. The third-order valence-electron chi connectivity index (χ3n) is 3.38. The monoisotopic (exact) mass is 254 g/mol. The molecule has 0 radical (unpaired) electrons. The van der Waals surface area contributed by atoms with Gasteiger partial charge in [0.05, 0.1) is 6.61 Å². The van der Waals surface area contributed by atoms with E-state index in [9.17, 15) is 8.78 Å². The molecule has 0 bridgehead atoms. The molecule has 0 amide bonds. The zero-order valence-electron chi connectivity index (χ0n) is 10.6. The van der Waals surface area contributed by atoms with Gasteiger partial charge in [-0.2, -0.15) is 4.39 Å². The van der Waals surface area contributed by atoms with Gasteiger partial charge < -0.3 is 4.74 Å². The van der Waals surface area contributed by atoms with E-state index in [1.165, 1.54) is 44.2 Å². The molecule has 1 nitrogen and oxygen atoms in total. The quantitative estimate of drug-likeness (QED) is 0.611. The molecule has 0 unspecified atom stereocenters. The first kappa shape index (κ1) is 13.3. The molecule has 3 heteroatoms. The van der Waals surface area contributed by atoms with Crippen molar-refractivity contribution in [2.24, 2.45) is 5.92 Å². The van der Waals surface area contributed by atoms with Gasteiger partial charge in [0.2, 0.25) is 5.82 Å². The number of hydrogen-bond donors (Lipinski definition) is 0. The van der Waals surface area contributed by atoms with Crippen molar-refractivity contribution < 1.29 is 13.5 Å². The molecule has 1 saturated carbocycles. The maximum absolute atomic E-state index is 13.2. The second kappa shape index (κ2) is 6.72. The van der Waals surface area contributed by atoms with Crippen molar-refractivity contribution in [1.29, 1.82) is 0 Å². The van der Waals surface area contributed by atoms with E-state index in [1.807, 2.05) is 0 Å². The normalized spacial score (nSPS) is 14.8. The van der Waals surface area contributed by atoms with Crippen LogP contribution in [0.15, 0.2) is 18.2 Å². The summed E-state index contributed by atoms with van der Waals surface area (Å²) in [5.41, 5.74) is 0. The van der Waals surface area contributed by atoms with Gasteiger partial charge in [-0.25, -0.2) is 4.39 Å². The Labute approximate surface area is 107 Å². The number of unbranched alkanes of at least 4 members (excludes halogenated alkanes) is 3. The molecule has 0 heterocycles. The molecular formula is C15H20F2O. The molecule has 1 aliphatic rings. The highest BCUT2D eigenvalue weighted by molar-refractivity contribution is 5.24. The van der Waals surface area contributed by atoms with E-state index in [1.54, 1.807) is 0 Å². The van der Waals surface area contributed by atoms with Gasteiger partial charge >= 0.3 is 0 Å². The maximum atomic E-state index is 13.2. The first-order valence-electron chi connectivity index (χ1n) is 6.84. The molecule has 18 heavy (non-hydrogen) atoms. The van der Waals surface area contributed by atoms with Crippen LogP contribution in [-0.2, 0) is 0 Å². The number of halogens is 2. The first-order valence-corrected chi connectivity index (χ1v) is 6.84. The van der Waals surface area contributed by atoms with Crippen LogP contribution in [-0.4, -0.2) is 6.61 Å². The van der Waals surface area contributed by atoms with Crippen LogP contribution in [0, 0.1) is 17.6 Å². The van der Waals surface area contributed by atoms with E-state index in [0.29, 0.717) is 6.61 Å². The highest BCUT2D eigenvalue weighted by atomic mass is 19.2. The van der Waals surface area contributed by atoms with Crippen LogP contribution in [0.1, 0.15) is 44.9 Å². The van der Waals surface area contributed by atoms with Crippen LogP contribution in [0.2, 0.25) is 0 Å². The topological polar surface area (TPSA) is 9.23 Å². The molecule has 0 atom stereocenters. The Balaban J connectivity index is 1.55. The Morgan fingerprint density at radius 1 is 1.06 bits per heavy atom. The summed E-state index contributed by atoms with van der Waals surface area (Å²) < 4.78 is 31.4. The summed E-state index contributed by atoms with van der Waals surface area (Å²) in [5, 5.41) is 0. The smallest absolute Gasteiger partial charge is 0.200 e. The van der Waals surface area contributed by atoms with Crippen molar-refractivity contribution in [3.05, 3.63) is 29.8 Å². The van der Waals surface area contributed by atoms with Crippen LogP contribution >= 0.6 is 0 Å². The second-order valence-electron chi connectivity index (χ2n) is 5.05. The Kier molecular flexibility index (Phi) is 4.97. The minimum atomic E-state index is -0.883. The molecule has 100 valence electrons. The third-order valence-corrected chi connectivity index (χ3v) is 3.38. The largest absolute Gasteiger partial charge is 0.490 e. The fourth-order valence-corrected chi connectivity index (χ4v) is 2.07. The van der Waals surface area contributed by atoms with Crippen molar-refractivity contribution in [1.82, 2.24) is 0 Å². The van der Waals surface area contributed by atoms with Gasteiger partial charge in [0, 0.05) is 0 Å². The molecule has 0 N–H and O–H groups in total. The predicted octanol–water partition coefficient (Wildman–Crippen LogP) is 4.70. The SMILES string of the molecule is Fc1cccc(OCCCCCCC2CC2)c1F. The fraction of sp³-hybridized carbons (Fsp3) is 0.600. The maximum Gasteiger partial charge on any atom is 0.200 e. The summed E-state index contributed by atoms with van der Waals surface area (Å²) in [6, 6.07) is 4.02. The lowest BCUT2D eigenvalue weighted by Crippen LogP contribution is -2.00. The predicted molar refractivity (Wildman–Crippen MR) is 67.7 cm³/mol. The van der Waals surface area contributed by atoms with Gasteiger partial charge in [-0.15, -0.1) is 0 Å². The molecular weight excluding hydrogens is 234 g/mol. The third kappa shape index (κ3) is 4.28. The van der Waals surface area contributed by atoms with E-state index in [0.717, 1.165) is 24.8 Å². The zero-order chi connectivity index (χ0) is 12.8. The number of rotatable bonds is 8. The Bertz CT molecular complexity index is 375. The second-order valence-corrected chi connectivity index (χ2v) is 5.05. The number of benzene rings is 1. The summed E-state index contributed by atoms with van der Waals surface area (Å²) in [4.78, 5) is 0. The molecule has 0 spiro atoms. The lowest BCUT2D eigenvalue weighted by atomic mass is 10.1. The summed E-state index contributed by atoms with van der Waals surface area (Å²) in [6.07, 6.45) is 8.71. The van der Waals surface area contributed by atoms with Crippen molar-refractivity contribution in [3.8, 4) is 5.75 Å². The molecule has 1 fully saturated rings. The summed E-state index contributed by atoms with van der Waals surface area (Å²) in [5.74, 6) is -0.709. The highest BCUT2D eigenvalue weighted by Crippen LogP contribution is 2.34. The fourth-order valence-electron chi connectivity index (χ4n) is 2.07. The van der Waals surface area contributed by atoms with E-state index >= 15 is 0 Å². The molecule has 1 aromatic carbocycles. The van der Waals surface area contributed by atoms with E-state index in [-0.39, 0.29) is 5.75 Å². The van der Waals surface area contributed by atoms with Crippen LogP contribution in [0.5, 0.6) is 5.75 Å². The van der Waals surface area contributed by atoms with E-state index in [2.05, 4.69) is 0 Å². The van der Waals surface area contributed by atoms with Crippen molar-refractivity contribution in [2.75, 3.05) is 6.61 Å². The number of hydrogen-bond acceptors (Lipinski definition) is 1. The summed E-state index contributed by atoms with van der Waals surface area (Å²) in [6.45, 7) is 0.462. The molecule has 2 rings (SSSR count). The van der Waals surface area contributed by atoms with Gasteiger partial charge in [0.1, 0.15) is 0 Å². The van der Waals surface area contributed by atoms with Crippen molar-refractivity contribution in [2.45, 2.75) is 44.9 Å². The average Bonchev–Trinajstić information content (AvgIpc) is 3.17. The standard InChI is InChI=1S/C15H20F2O/c16-13-7-5-8-14(15(13)17)18-11-4-2-1-3-6-12-9-10-12/h5,7-8,12H,1-4,6,9-11H2. The average molecular weight is 254 g/mol. The highest BCUT2D eigenvalue weighted by Gasteiger charge is 2.19. The number of ether oxygens (including phenoxy) is 1. The minimum absolute atomic E-state index is 0.0213. The van der Waals surface area contributed by atoms with Gasteiger partial charge in [-0.3, -0.25) is 0 Å². The van der Waals surface area contributed by atoms with Crippen LogP contribution < -0.4 is 4.74 Å². The summed E-state index contributed by atoms with van der Waals surface area (Å²) >= 11 is 0. The van der Waals surface area contributed by atoms with Gasteiger partial charge in [-0.05, 0) is 24.5 Å². The zero-order valence-corrected chi connectivity index (χ0v) is 10.6. The van der Waals surface area contributed by atoms with Crippen LogP contribution in [0.25, 0.3) is 0 Å². The molecule has 1 aliphatic carbocycles. The molecule has 0 aromatic heterocycles. The van der Waals surface area contributed by atoms with Crippen molar-refractivity contribution >= 4 is 0 Å². The lowest BCUT2D eigenvalue weighted by molar-refractivity contribution is 0.284. The van der Waals surface area contributed by atoms with Gasteiger partial charge in [0.25, 0.3) is 0 Å².